The molecule has 0 aliphatic heterocycles. The van der Waals surface area contributed by atoms with E-state index >= 15 is 0 Å². The standard InChI is InChI=1S/C18H16F3N5O/c19-18(20,21)13-5-1-11(2-6-13)9-15-24-16(26-25-15)10-23-17(27)12-3-7-14(22)8-4-12/h1-8H,9-10,22H2,(H,23,27)(H,24,25,26). The summed E-state index contributed by atoms with van der Waals surface area (Å²) in [6.07, 6.45) is -4.08. The molecular weight excluding hydrogens is 359 g/mol. The number of carbonyl (C=O) groups excluding carboxylic acids is 1. The number of aromatic amines is 1. The number of nitrogens with one attached hydrogen (secondary N) is 2. The number of nitrogens with two attached hydrogens (primary N) is 1. The molecule has 3 rings (SSSR count). The Morgan fingerprint density at radius 3 is 2.37 bits per heavy atom. The van der Waals surface area contributed by atoms with E-state index in [1.165, 1.54) is 12.1 Å². The second-order valence-corrected chi connectivity index (χ2v) is 5.87. The molecule has 0 aliphatic carbocycles. The van der Waals surface area contributed by atoms with Gasteiger partial charge in [0.05, 0.1) is 12.1 Å². The smallest absolute Gasteiger partial charge is 0.399 e. The number of nitrogen functional groups attached to an aromatic ring is 1. The van der Waals surface area contributed by atoms with E-state index in [0.717, 1.165) is 12.1 Å². The van der Waals surface area contributed by atoms with Gasteiger partial charge in [-0.25, -0.2) is 4.98 Å². The topological polar surface area (TPSA) is 96.7 Å². The summed E-state index contributed by atoms with van der Waals surface area (Å²) in [5.74, 6) is 0.586. The monoisotopic (exact) mass is 375 g/mol. The van der Waals surface area contributed by atoms with Crippen molar-refractivity contribution in [2.24, 2.45) is 0 Å². The van der Waals surface area contributed by atoms with Crippen LogP contribution in [0.1, 0.15) is 33.1 Å². The van der Waals surface area contributed by atoms with Crippen LogP contribution in [-0.2, 0) is 19.1 Å². The molecule has 1 heterocycles. The zero-order valence-corrected chi connectivity index (χ0v) is 14.0. The molecule has 3 aromatic rings. The molecule has 0 aliphatic rings. The van der Waals surface area contributed by atoms with Gasteiger partial charge in [0.2, 0.25) is 0 Å². The SMILES string of the molecule is Nc1ccc(C(=O)NCc2nc(Cc3ccc(C(F)(F)F)cc3)n[nH]2)cc1. The predicted molar refractivity (Wildman–Crippen MR) is 92.7 cm³/mol. The maximum atomic E-state index is 12.6. The van der Waals surface area contributed by atoms with Crippen molar-refractivity contribution in [3.8, 4) is 0 Å². The largest absolute Gasteiger partial charge is 0.416 e. The zero-order chi connectivity index (χ0) is 19.4. The number of hydrogen-bond donors (Lipinski definition) is 3. The highest BCUT2D eigenvalue weighted by molar-refractivity contribution is 5.94. The molecule has 0 bridgehead atoms. The molecule has 0 saturated heterocycles. The number of carbonyl (C=O) groups is 1. The van der Waals surface area contributed by atoms with Crippen LogP contribution in [0, 0.1) is 0 Å². The van der Waals surface area contributed by atoms with Gasteiger partial charge in [-0.2, -0.15) is 18.3 Å². The van der Waals surface area contributed by atoms with Gasteiger partial charge < -0.3 is 11.1 Å². The summed E-state index contributed by atoms with van der Waals surface area (Å²) in [6, 6.07) is 11.3. The van der Waals surface area contributed by atoms with Crippen LogP contribution in [0.4, 0.5) is 18.9 Å². The van der Waals surface area contributed by atoms with Crippen molar-refractivity contribution in [1.29, 1.82) is 0 Å². The number of anilines is 1. The van der Waals surface area contributed by atoms with Crippen LogP contribution >= 0.6 is 0 Å². The number of hydrogen-bond acceptors (Lipinski definition) is 4. The number of alkyl halides is 3. The van der Waals surface area contributed by atoms with Crippen LogP contribution in [0.15, 0.2) is 48.5 Å². The van der Waals surface area contributed by atoms with Crippen molar-refractivity contribution in [2.45, 2.75) is 19.1 Å². The summed E-state index contributed by atoms with van der Waals surface area (Å²) in [6.45, 7) is 0.142. The molecule has 0 unspecified atom stereocenters. The van der Waals surface area contributed by atoms with Gasteiger partial charge in [0.1, 0.15) is 5.82 Å². The third-order valence-electron chi connectivity index (χ3n) is 3.81. The van der Waals surface area contributed by atoms with E-state index in [0.29, 0.717) is 28.5 Å². The molecule has 2 aromatic carbocycles. The van der Waals surface area contributed by atoms with Gasteiger partial charge in [0.15, 0.2) is 5.82 Å². The number of amides is 1. The van der Waals surface area contributed by atoms with Crippen LogP contribution in [0.25, 0.3) is 0 Å². The summed E-state index contributed by atoms with van der Waals surface area (Å²) in [5, 5.41) is 9.42. The molecule has 27 heavy (non-hydrogen) atoms. The Kier molecular flexibility index (Phi) is 5.11. The Balaban J connectivity index is 1.57. The fraction of sp³-hybridized carbons (Fsp3) is 0.167. The molecular formula is C18H16F3N5O. The maximum absolute atomic E-state index is 12.6. The first kappa shape index (κ1) is 18.4. The minimum atomic E-state index is -4.36. The van der Waals surface area contributed by atoms with Crippen LogP contribution < -0.4 is 11.1 Å². The fourth-order valence-electron chi connectivity index (χ4n) is 2.39. The Labute approximate surface area is 152 Å². The second kappa shape index (κ2) is 7.48. The highest BCUT2D eigenvalue weighted by atomic mass is 19.4. The molecule has 0 fully saturated rings. The number of aromatic nitrogens is 3. The number of nitrogens with zero attached hydrogens (tertiary/aromatic N) is 2. The average Bonchev–Trinajstić information content (AvgIpc) is 3.07. The van der Waals surface area contributed by atoms with Crippen molar-refractivity contribution in [3.05, 3.63) is 76.9 Å². The van der Waals surface area contributed by atoms with Gasteiger partial charge in [-0.15, -0.1) is 0 Å². The molecule has 0 saturated carbocycles. The minimum absolute atomic E-state index is 0.142. The van der Waals surface area contributed by atoms with Gasteiger partial charge in [-0.05, 0) is 42.0 Å². The first-order chi connectivity index (χ1) is 12.8. The first-order valence-electron chi connectivity index (χ1n) is 8.01. The number of benzene rings is 2. The van der Waals surface area contributed by atoms with Crippen LogP contribution in [-0.4, -0.2) is 21.1 Å². The van der Waals surface area contributed by atoms with Gasteiger partial charge >= 0.3 is 6.18 Å². The molecule has 4 N–H and O–H groups in total. The summed E-state index contributed by atoms with van der Waals surface area (Å²) in [5.41, 5.74) is 6.56. The average molecular weight is 375 g/mol. The molecule has 6 nitrogen and oxygen atoms in total. The fourth-order valence-corrected chi connectivity index (χ4v) is 2.39. The normalized spacial score (nSPS) is 11.4. The molecule has 0 spiro atoms. The Hall–Kier alpha value is -3.36. The number of H-pyrrole nitrogens is 1. The summed E-state index contributed by atoms with van der Waals surface area (Å²) in [7, 11) is 0. The molecule has 0 atom stereocenters. The van der Waals surface area contributed by atoms with Crippen LogP contribution in [0.3, 0.4) is 0 Å². The summed E-state index contributed by atoms with van der Waals surface area (Å²) >= 11 is 0. The van der Waals surface area contributed by atoms with E-state index in [4.69, 9.17) is 5.73 Å². The Morgan fingerprint density at radius 1 is 1.07 bits per heavy atom. The summed E-state index contributed by atoms with van der Waals surface area (Å²) in [4.78, 5) is 16.3. The van der Waals surface area contributed by atoms with Crippen molar-refractivity contribution < 1.29 is 18.0 Å². The zero-order valence-electron chi connectivity index (χ0n) is 14.0. The van der Waals surface area contributed by atoms with Gasteiger partial charge in [0.25, 0.3) is 5.91 Å². The number of halogens is 3. The molecule has 1 amide bonds. The number of rotatable bonds is 5. The lowest BCUT2D eigenvalue weighted by molar-refractivity contribution is -0.137. The van der Waals surface area contributed by atoms with E-state index in [1.54, 1.807) is 24.3 Å². The van der Waals surface area contributed by atoms with Crippen molar-refractivity contribution >= 4 is 11.6 Å². The Bertz CT molecular complexity index is 917. The molecule has 0 radical (unpaired) electrons. The predicted octanol–water partition coefficient (Wildman–Crippen LogP) is 2.93. The Morgan fingerprint density at radius 2 is 1.74 bits per heavy atom. The van der Waals surface area contributed by atoms with Gasteiger partial charge in [-0.3, -0.25) is 9.89 Å². The van der Waals surface area contributed by atoms with Crippen LogP contribution in [0.5, 0.6) is 0 Å². The first-order valence-corrected chi connectivity index (χ1v) is 8.01. The highest BCUT2D eigenvalue weighted by Crippen LogP contribution is 2.29. The minimum Gasteiger partial charge on any atom is -0.399 e. The van der Waals surface area contributed by atoms with Crippen LogP contribution in [0.2, 0.25) is 0 Å². The van der Waals surface area contributed by atoms with E-state index in [2.05, 4.69) is 20.5 Å². The van der Waals surface area contributed by atoms with Gasteiger partial charge in [-0.1, -0.05) is 12.1 Å². The third-order valence-corrected chi connectivity index (χ3v) is 3.81. The van der Waals surface area contributed by atoms with E-state index in [1.807, 2.05) is 0 Å². The third kappa shape index (κ3) is 4.84. The van der Waals surface area contributed by atoms with Crippen molar-refractivity contribution in [1.82, 2.24) is 20.5 Å². The van der Waals surface area contributed by atoms with Crippen molar-refractivity contribution in [2.75, 3.05) is 5.73 Å². The molecule has 9 heteroatoms. The lowest BCUT2D eigenvalue weighted by Crippen LogP contribution is -2.23. The van der Waals surface area contributed by atoms with Gasteiger partial charge in [0, 0.05) is 17.7 Å². The van der Waals surface area contributed by atoms with Crippen molar-refractivity contribution in [3.63, 3.8) is 0 Å². The molecule has 140 valence electrons. The van der Waals surface area contributed by atoms with E-state index in [9.17, 15) is 18.0 Å². The second-order valence-electron chi connectivity index (χ2n) is 5.87. The highest BCUT2D eigenvalue weighted by Gasteiger charge is 2.29. The quantitative estimate of drug-likeness (QED) is 0.598. The molecule has 1 aromatic heterocycles. The maximum Gasteiger partial charge on any atom is 0.416 e. The summed E-state index contributed by atoms with van der Waals surface area (Å²) < 4.78 is 37.7. The lowest BCUT2D eigenvalue weighted by Gasteiger charge is -2.06. The van der Waals surface area contributed by atoms with E-state index in [-0.39, 0.29) is 18.9 Å². The van der Waals surface area contributed by atoms with E-state index < -0.39 is 11.7 Å². The lowest BCUT2D eigenvalue weighted by atomic mass is 10.1.